The number of carbonyl (C=O) groups is 2. The lowest BCUT2D eigenvalue weighted by Gasteiger charge is -2.13. The Morgan fingerprint density at radius 2 is 1.69 bits per heavy atom. The number of hydrogen-bond acceptors (Lipinski definition) is 3. The van der Waals surface area contributed by atoms with Gasteiger partial charge in [-0.2, -0.15) is 0 Å². The number of hydrogen-bond donors (Lipinski definition) is 1. The predicted octanol–water partition coefficient (Wildman–Crippen LogP) is 1.76. The molecule has 0 saturated carbocycles. The fourth-order valence-corrected chi connectivity index (χ4v) is 1.71. The lowest BCUT2D eigenvalue weighted by atomic mass is 9.88. The molecule has 0 unspecified atom stereocenters. The topological polar surface area (TPSA) is 60.2 Å². The molecule has 2 rings (SSSR count). The van der Waals surface area contributed by atoms with Crippen LogP contribution >= 0.6 is 12.4 Å². The van der Waals surface area contributed by atoms with Crippen LogP contribution in [0.4, 0.5) is 0 Å². The predicted molar refractivity (Wildman–Crippen MR) is 64.1 cm³/mol. The number of rotatable bonds is 2. The van der Waals surface area contributed by atoms with E-state index in [0.29, 0.717) is 29.7 Å². The summed E-state index contributed by atoms with van der Waals surface area (Å²) in [4.78, 5) is 23.5. The first-order valence-electron chi connectivity index (χ1n) is 4.82. The molecule has 2 N–H and O–H groups in total. The minimum absolute atomic E-state index is 0. The van der Waals surface area contributed by atoms with E-state index in [0.717, 1.165) is 0 Å². The van der Waals surface area contributed by atoms with Gasteiger partial charge in [0.25, 0.3) is 0 Å². The standard InChI is InChI=1S/C12H11NO2.ClH/c13-6-5-8-7-11(14)9-3-1-2-4-10(9)12(8)15;/h1-4,7H,5-6,13H2;1H. The SMILES string of the molecule is Cl.NCCC1=CC(=O)c2ccccc2C1=O. The third-order valence-electron chi connectivity index (χ3n) is 2.45. The van der Waals surface area contributed by atoms with Gasteiger partial charge >= 0.3 is 0 Å². The molecule has 4 heteroatoms. The van der Waals surface area contributed by atoms with Gasteiger partial charge in [0.05, 0.1) is 0 Å². The van der Waals surface area contributed by atoms with Gasteiger partial charge in [-0.05, 0) is 19.0 Å². The summed E-state index contributed by atoms with van der Waals surface area (Å²) in [7, 11) is 0. The van der Waals surface area contributed by atoms with Crippen molar-refractivity contribution in [1.82, 2.24) is 0 Å². The molecule has 0 heterocycles. The van der Waals surface area contributed by atoms with Gasteiger partial charge in [-0.25, -0.2) is 0 Å². The molecule has 0 fully saturated rings. The van der Waals surface area contributed by atoms with Crippen molar-refractivity contribution < 1.29 is 9.59 Å². The van der Waals surface area contributed by atoms with Gasteiger partial charge in [-0.3, -0.25) is 9.59 Å². The number of Topliss-reactive ketones (excluding diaryl/α,β-unsaturated/α-hetero) is 1. The average Bonchev–Trinajstić information content (AvgIpc) is 2.26. The van der Waals surface area contributed by atoms with Gasteiger partial charge in [0.1, 0.15) is 0 Å². The number of allylic oxidation sites excluding steroid dienone is 1. The summed E-state index contributed by atoms with van der Waals surface area (Å²) >= 11 is 0. The Morgan fingerprint density at radius 3 is 2.31 bits per heavy atom. The number of nitrogens with two attached hydrogens (primary N) is 1. The maximum atomic E-state index is 11.9. The molecule has 84 valence electrons. The Bertz CT molecular complexity index is 466. The molecule has 0 saturated heterocycles. The van der Waals surface area contributed by atoms with E-state index in [1.807, 2.05) is 0 Å². The fourth-order valence-electron chi connectivity index (χ4n) is 1.71. The van der Waals surface area contributed by atoms with E-state index in [1.165, 1.54) is 6.08 Å². The molecule has 0 bridgehead atoms. The Labute approximate surface area is 99.7 Å². The average molecular weight is 238 g/mol. The summed E-state index contributed by atoms with van der Waals surface area (Å²) in [5, 5.41) is 0. The van der Waals surface area contributed by atoms with Gasteiger partial charge in [-0.1, -0.05) is 24.3 Å². The first-order valence-corrected chi connectivity index (χ1v) is 4.82. The van der Waals surface area contributed by atoms with Crippen molar-refractivity contribution in [2.45, 2.75) is 6.42 Å². The largest absolute Gasteiger partial charge is 0.330 e. The van der Waals surface area contributed by atoms with Crippen molar-refractivity contribution in [2.24, 2.45) is 5.73 Å². The van der Waals surface area contributed by atoms with Crippen LogP contribution in [0.15, 0.2) is 35.9 Å². The van der Waals surface area contributed by atoms with Crippen LogP contribution in [0.3, 0.4) is 0 Å². The monoisotopic (exact) mass is 237 g/mol. The zero-order chi connectivity index (χ0) is 10.8. The molecule has 1 aromatic rings. The first-order chi connectivity index (χ1) is 7.24. The maximum absolute atomic E-state index is 11.9. The van der Waals surface area contributed by atoms with E-state index in [-0.39, 0.29) is 24.0 Å². The normalized spacial score (nSPS) is 13.9. The van der Waals surface area contributed by atoms with Crippen molar-refractivity contribution in [2.75, 3.05) is 6.54 Å². The van der Waals surface area contributed by atoms with Crippen LogP contribution in [0.25, 0.3) is 0 Å². The summed E-state index contributed by atoms with van der Waals surface area (Å²) in [6.07, 6.45) is 1.86. The molecule has 16 heavy (non-hydrogen) atoms. The lowest BCUT2D eigenvalue weighted by Crippen LogP contribution is -2.18. The number of benzene rings is 1. The van der Waals surface area contributed by atoms with Gasteiger partial charge in [0.2, 0.25) is 0 Å². The van der Waals surface area contributed by atoms with E-state index < -0.39 is 0 Å². The van der Waals surface area contributed by atoms with E-state index in [9.17, 15) is 9.59 Å². The smallest absolute Gasteiger partial charge is 0.189 e. The number of halogens is 1. The Hall–Kier alpha value is -1.45. The summed E-state index contributed by atoms with van der Waals surface area (Å²) in [6.45, 7) is 0.382. The third kappa shape index (κ3) is 2.05. The quantitative estimate of drug-likeness (QED) is 0.853. The number of fused-ring (bicyclic) bond motifs is 1. The second kappa shape index (κ2) is 5.05. The minimum atomic E-state index is -0.103. The maximum Gasteiger partial charge on any atom is 0.189 e. The zero-order valence-corrected chi connectivity index (χ0v) is 9.42. The second-order valence-electron chi connectivity index (χ2n) is 3.45. The van der Waals surface area contributed by atoms with Crippen molar-refractivity contribution in [1.29, 1.82) is 0 Å². The Morgan fingerprint density at radius 1 is 1.06 bits per heavy atom. The first kappa shape index (κ1) is 12.6. The van der Waals surface area contributed by atoms with Gasteiger partial charge in [0.15, 0.2) is 11.6 Å². The van der Waals surface area contributed by atoms with Crippen LogP contribution < -0.4 is 5.73 Å². The molecule has 1 aromatic carbocycles. The minimum Gasteiger partial charge on any atom is -0.330 e. The van der Waals surface area contributed by atoms with Gasteiger partial charge in [0, 0.05) is 16.7 Å². The lowest BCUT2D eigenvalue weighted by molar-refractivity contribution is 0.0981. The summed E-state index contributed by atoms with van der Waals surface area (Å²) in [5.41, 5.74) is 6.88. The molecule has 0 aromatic heterocycles. The molecule has 0 atom stereocenters. The molecular formula is C12H12ClNO2. The number of carbonyl (C=O) groups excluding carboxylic acids is 2. The van der Waals surface area contributed by atoms with Crippen LogP contribution in [0, 0.1) is 0 Å². The molecule has 0 amide bonds. The van der Waals surface area contributed by atoms with Crippen molar-refractivity contribution >= 4 is 24.0 Å². The van der Waals surface area contributed by atoms with E-state index in [4.69, 9.17) is 5.73 Å². The highest BCUT2D eigenvalue weighted by Crippen LogP contribution is 2.22. The van der Waals surface area contributed by atoms with E-state index in [2.05, 4.69) is 0 Å². The Kier molecular flexibility index (Phi) is 3.99. The molecule has 0 spiro atoms. The third-order valence-corrected chi connectivity index (χ3v) is 2.45. The molecular weight excluding hydrogens is 226 g/mol. The van der Waals surface area contributed by atoms with Crippen LogP contribution in [0.2, 0.25) is 0 Å². The summed E-state index contributed by atoms with van der Waals surface area (Å²) in [6, 6.07) is 6.87. The van der Waals surface area contributed by atoms with Crippen LogP contribution in [0.5, 0.6) is 0 Å². The van der Waals surface area contributed by atoms with Crippen molar-refractivity contribution in [3.63, 3.8) is 0 Å². The summed E-state index contributed by atoms with van der Waals surface area (Å²) < 4.78 is 0. The van der Waals surface area contributed by atoms with Gasteiger partial charge < -0.3 is 5.73 Å². The van der Waals surface area contributed by atoms with Crippen LogP contribution in [0.1, 0.15) is 27.1 Å². The summed E-state index contributed by atoms with van der Waals surface area (Å²) in [5.74, 6) is -0.177. The highest BCUT2D eigenvalue weighted by molar-refractivity contribution is 6.24. The molecule has 3 nitrogen and oxygen atoms in total. The van der Waals surface area contributed by atoms with Crippen LogP contribution in [-0.4, -0.2) is 18.1 Å². The second-order valence-corrected chi connectivity index (χ2v) is 3.45. The van der Waals surface area contributed by atoms with E-state index >= 15 is 0 Å². The van der Waals surface area contributed by atoms with Crippen molar-refractivity contribution in [3.05, 3.63) is 47.0 Å². The van der Waals surface area contributed by atoms with E-state index in [1.54, 1.807) is 24.3 Å². The number of ketones is 2. The fraction of sp³-hybridized carbons (Fsp3) is 0.167. The van der Waals surface area contributed by atoms with Crippen LogP contribution in [-0.2, 0) is 0 Å². The van der Waals surface area contributed by atoms with Gasteiger partial charge in [-0.15, -0.1) is 12.4 Å². The molecule has 1 aliphatic carbocycles. The molecule has 0 aliphatic heterocycles. The Balaban J connectivity index is 0.00000128. The highest BCUT2D eigenvalue weighted by Gasteiger charge is 2.23. The molecule has 0 radical (unpaired) electrons. The highest BCUT2D eigenvalue weighted by atomic mass is 35.5. The zero-order valence-electron chi connectivity index (χ0n) is 8.60. The van der Waals surface area contributed by atoms with Crippen molar-refractivity contribution in [3.8, 4) is 0 Å². The molecule has 1 aliphatic rings.